The Balaban J connectivity index is 2.19. The van der Waals surface area contributed by atoms with Gasteiger partial charge in [-0.05, 0) is 37.4 Å². The van der Waals surface area contributed by atoms with Crippen LogP contribution in [0.2, 0.25) is 0 Å². The highest BCUT2D eigenvalue weighted by Gasteiger charge is 2.26. The zero-order valence-corrected chi connectivity index (χ0v) is 12.9. The predicted molar refractivity (Wildman–Crippen MR) is 83.0 cm³/mol. The van der Waals surface area contributed by atoms with E-state index in [-0.39, 0.29) is 0 Å². The molecule has 0 aromatic carbocycles. The minimum atomic E-state index is 0.328. The molecular weight excluding hydrogens is 248 g/mol. The van der Waals surface area contributed by atoms with Gasteiger partial charge in [-0.3, -0.25) is 4.98 Å². The van der Waals surface area contributed by atoms with E-state index in [0.29, 0.717) is 12.0 Å². The zero-order valence-electron chi connectivity index (χ0n) is 12.9. The van der Waals surface area contributed by atoms with E-state index >= 15 is 0 Å². The number of hydrogen-bond donors (Lipinski definition) is 1. The predicted octanol–water partition coefficient (Wildman–Crippen LogP) is 4.10. The molecule has 0 saturated heterocycles. The lowest BCUT2D eigenvalue weighted by atomic mass is 9.84. The first-order valence-corrected chi connectivity index (χ1v) is 8.09. The molecule has 1 saturated carbocycles. The van der Waals surface area contributed by atoms with Crippen LogP contribution in [0.25, 0.3) is 0 Å². The van der Waals surface area contributed by atoms with Crippen molar-refractivity contribution in [3.63, 3.8) is 0 Å². The molecular formula is C17H28N2O. The summed E-state index contributed by atoms with van der Waals surface area (Å²) in [7, 11) is 1.74. The average molecular weight is 276 g/mol. The van der Waals surface area contributed by atoms with Crippen LogP contribution in [0.3, 0.4) is 0 Å². The van der Waals surface area contributed by atoms with Crippen LogP contribution in [0.5, 0.6) is 5.75 Å². The maximum atomic E-state index is 5.52. The molecule has 1 unspecified atom stereocenters. The Kier molecular flexibility index (Phi) is 6.31. The van der Waals surface area contributed by atoms with Crippen molar-refractivity contribution in [3.05, 3.63) is 24.0 Å². The Bertz CT molecular complexity index is 386. The minimum absolute atomic E-state index is 0.328. The fourth-order valence-corrected chi connectivity index (χ4v) is 3.34. The van der Waals surface area contributed by atoms with Gasteiger partial charge in [0.2, 0.25) is 0 Å². The van der Waals surface area contributed by atoms with Gasteiger partial charge in [-0.15, -0.1) is 0 Å². The van der Waals surface area contributed by atoms with Gasteiger partial charge < -0.3 is 10.1 Å². The third-order valence-corrected chi connectivity index (χ3v) is 4.36. The van der Waals surface area contributed by atoms with E-state index in [4.69, 9.17) is 4.74 Å². The lowest BCUT2D eigenvalue weighted by Gasteiger charge is -2.29. The SMILES string of the molecule is CCNC(c1ncccc1OC)C1CCCCCCC1. The molecule has 0 aliphatic heterocycles. The number of nitrogens with zero attached hydrogens (tertiary/aromatic N) is 1. The van der Waals surface area contributed by atoms with Crippen LogP contribution in [0.1, 0.15) is 63.6 Å². The van der Waals surface area contributed by atoms with Crippen molar-refractivity contribution in [1.29, 1.82) is 0 Å². The van der Waals surface area contributed by atoms with Crippen molar-refractivity contribution in [1.82, 2.24) is 10.3 Å². The van der Waals surface area contributed by atoms with E-state index in [1.807, 2.05) is 18.3 Å². The highest BCUT2D eigenvalue weighted by molar-refractivity contribution is 5.30. The van der Waals surface area contributed by atoms with Crippen LogP contribution in [-0.4, -0.2) is 18.6 Å². The third kappa shape index (κ3) is 3.95. The minimum Gasteiger partial charge on any atom is -0.495 e. The van der Waals surface area contributed by atoms with Gasteiger partial charge in [-0.2, -0.15) is 0 Å². The number of methoxy groups -OCH3 is 1. The van der Waals surface area contributed by atoms with Crippen LogP contribution < -0.4 is 10.1 Å². The van der Waals surface area contributed by atoms with E-state index in [2.05, 4.69) is 17.2 Å². The van der Waals surface area contributed by atoms with Crippen LogP contribution in [0, 0.1) is 5.92 Å². The highest BCUT2D eigenvalue weighted by Crippen LogP contribution is 2.35. The Labute approximate surface area is 123 Å². The van der Waals surface area contributed by atoms with E-state index in [0.717, 1.165) is 18.0 Å². The van der Waals surface area contributed by atoms with Gasteiger partial charge in [-0.25, -0.2) is 0 Å². The Hall–Kier alpha value is -1.09. The quantitative estimate of drug-likeness (QED) is 0.879. The summed E-state index contributed by atoms with van der Waals surface area (Å²) in [5.74, 6) is 1.60. The van der Waals surface area contributed by atoms with Crippen molar-refractivity contribution >= 4 is 0 Å². The van der Waals surface area contributed by atoms with E-state index in [9.17, 15) is 0 Å². The molecule has 1 aliphatic rings. The summed E-state index contributed by atoms with van der Waals surface area (Å²) in [5.41, 5.74) is 1.09. The first kappa shape index (κ1) is 15.3. The van der Waals surface area contributed by atoms with Crippen LogP contribution in [0.15, 0.2) is 18.3 Å². The molecule has 1 N–H and O–H groups in total. The van der Waals surface area contributed by atoms with Gasteiger partial charge in [0.1, 0.15) is 5.75 Å². The molecule has 0 bridgehead atoms. The lowest BCUT2D eigenvalue weighted by Crippen LogP contribution is -2.30. The smallest absolute Gasteiger partial charge is 0.141 e. The first-order valence-electron chi connectivity index (χ1n) is 8.09. The van der Waals surface area contributed by atoms with E-state index < -0.39 is 0 Å². The second kappa shape index (κ2) is 8.25. The molecule has 2 rings (SSSR count). The molecule has 1 fully saturated rings. The molecule has 0 spiro atoms. The molecule has 0 radical (unpaired) electrons. The Morgan fingerprint density at radius 3 is 2.60 bits per heavy atom. The fraction of sp³-hybridized carbons (Fsp3) is 0.706. The second-order valence-electron chi connectivity index (χ2n) is 5.73. The average Bonchev–Trinajstić information content (AvgIpc) is 2.45. The molecule has 112 valence electrons. The molecule has 1 heterocycles. The number of rotatable bonds is 5. The fourth-order valence-electron chi connectivity index (χ4n) is 3.34. The number of aromatic nitrogens is 1. The third-order valence-electron chi connectivity index (χ3n) is 4.36. The largest absolute Gasteiger partial charge is 0.495 e. The summed E-state index contributed by atoms with van der Waals surface area (Å²) >= 11 is 0. The second-order valence-corrected chi connectivity index (χ2v) is 5.73. The highest BCUT2D eigenvalue weighted by atomic mass is 16.5. The summed E-state index contributed by atoms with van der Waals surface area (Å²) in [4.78, 5) is 4.61. The monoisotopic (exact) mass is 276 g/mol. The maximum Gasteiger partial charge on any atom is 0.141 e. The molecule has 3 nitrogen and oxygen atoms in total. The van der Waals surface area contributed by atoms with Crippen LogP contribution >= 0.6 is 0 Å². The number of ether oxygens (including phenoxy) is 1. The van der Waals surface area contributed by atoms with E-state index in [1.165, 1.54) is 44.9 Å². The summed E-state index contributed by atoms with van der Waals surface area (Å²) in [5, 5.41) is 3.65. The van der Waals surface area contributed by atoms with Crippen molar-refractivity contribution in [2.24, 2.45) is 5.92 Å². The number of nitrogens with one attached hydrogen (secondary N) is 1. The summed E-state index contributed by atoms with van der Waals surface area (Å²) in [6.45, 7) is 3.15. The summed E-state index contributed by atoms with van der Waals surface area (Å²) in [6, 6.07) is 4.30. The normalized spacial score (nSPS) is 19.1. The molecule has 1 aromatic rings. The van der Waals surface area contributed by atoms with Crippen molar-refractivity contribution in [2.75, 3.05) is 13.7 Å². The maximum absolute atomic E-state index is 5.52. The molecule has 1 aromatic heterocycles. The molecule has 0 amide bonds. The van der Waals surface area contributed by atoms with Crippen molar-refractivity contribution in [2.45, 2.75) is 57.9 Å². The van der Waals surface area contributed by atoms with Crippen molar-refractivity contribution in [3.8, 4) is 5.75 Å². The van der Waals surface area contributed by atoms with Crippen molar-refractivity contribution < 1.29 is 4.74 Å². The first-order chi connectivity index (χ1) is 9.86. The van der Waals surface area contributed by atoms with Gasteiger partial charge in [0.05, 0.1) is 18.8 Å². The summed E-state index contributed by atoms with van der Waals surface area (Å²) < 4.78 is 5.52. The van der Waals surface area contributed by atoms with Gasteiger partial charge >= 0.3 is 0 Å². The Morgan fingerprint density at radius 2 is 1.95 bits per heavy atom. The topological polar surface area (TPSA) is 34.2 Å². The number of hydrogen-bond acceptors (Lipinski definition) is 3. The van der Waals surface area contributed by atoms with Gasteiger partial charge in [0, 0.05) is 6.20 Å². The van der Waals surface area contributed by atoms with E-state index in [1.54, 1.807) is 7.11 Å². The number of pyridine rings is 1. The van der Waals surface area contributed by atoms with Gasteiger partial charge in [-0.1, -0.05) is 39.0 Å². The van der Waals surface area contributed by atoms with Crippen LogP contribution in [-0.2, 0) is 0 Å². The van der Waals surface area contributed by atoms with Crippen LogP contribution in [0.4, 0.5) is 0 Å². The molecule has 1 aliphatic carbocycles. The van der Waals surface area contributed by atoms with Gasteiger partial charge in [0.25, 0.3) is 0 Å². The lowest BCUT2D eigenvalue weighted by molar-refractivity contribution is 0.279. The van der Waals surface area contributed by atoms with Gasteiger partial charge in [0.15, 0.2) is 0 Å². The molecule has 1 atom stereocenters. The summed E-state index contributed by atoms with van der Waals surface area (Å²) in [6.07, 6.45) is 11.4. The molecule has 3 heteroatoms. The standard InChI is InChI=1S/C17H28N2O/c1-3-18-16(14-10-7-5-4-6-8-11-14)17-15(20-2)12-9-13-19-17/h9,12-14,16,18H,3-8,10-11H2,1-2H3. The Morgan fingerprint density at radius 1 is 1.25 bits per heavy atom. The molecule has 20 heavy (non-hydrogen) atoms. The zero-order chi connectivity index (χ0) is 14.2.